The summed E-state index contributed by atoms with van der Waals surface area (Å²) in [6.07, 6.45) is 0.877. The van der Waals surface area contributed by atoms with Gasteiger partial charge >= 0.3 is 0 Å². The largest absolute Gasteiger partial charge is 0.466 e. The van der Waals surface area contributed by atoms with Crippen molar-refractivity contribution in [3.05, 3.63) is 28.2 Å². The Morgan fingerprint density at radius 2 is 2.20 bits per heavy atom. The minimum atomic E-state index is -0.651. The molecule has 1 fully saturated rings. The number of carbonyl (C=O) groups is 1. The van der Waals surface area contributed by atoms with Gasteiger partial charge in [-0.2, -0.15) is 0 Å². The second-order valence-electron chi connectivity index (χ2n) is 5.80. The molecular formula is C15H17BrN2O2. The molecule has 106 valence electrons. The van der Waals surface area contributed by atoms with E-state index in [9.17, 15) is 4.79 Å². The van der Waals surface area contributed by atoms with Crippen molar-refractivity contribution in [3.63, 3.8) is 0 Å². The van der Waals surface area contributed by atoms with Gasteiger partial charge in [-0.3, -0.25) is 9.69 Å². The van der Waals surface area contributed by atoms with Gasteiger partial charge in [-0.25, -0.2) is 4.99 Å². The Labute approximate surface area is 127 Å². The van der Waals surface area contributed by atoms with Gasteiger partial charge in [-0.05, 0) is 38.5 Å². The summed E-state index contributed by atoms with van der Waals surface area (Å²) in [5, 5.41) is 0. The van der Waals surface area contributed by atoms with Crippen molar-refractivity contribution >= 4 is 27.7 Å². The summed E-state index contributed by atoms with van der Waals surface area (Å²) in [6.45, 7) is 6.50. The Morgan fingerprint density at radius 3 is 2.85 bits per heavy atom. The van der Waals surface area contributed by atoms with Crippen molar-refractivity contribution < 1.29 is 9.53 Å². The second kappa shape index (κ2) is 4.58. The van der Waals surface area contributed by atoms with Gasteiger partial charge in [0.05, 0.1) is 5.56 Å². The van der Waals surface area contributed by atoms with Crippen LogP contribution >= 0.6 is 15.9 Å². The zero-order valence-electron chi connectivity index (χ0n) is 11.8. The minimum absolute atomic E-state index is 0.0688. The maximum atomic E-state index is 12.3. The van der Waals surface area contributed by atoms with Crippen LogP contribution in [0, 0.1) is 5.92 Å². The lowest BCUT2D eigenvalue weighted by molar-refractivity contribution is -0.127. The number of likely N-dealkylation sites (tertiary alicyclic amines) is 1. The third-order valence-corrected chi connectivity index (χ3v) is 4.14. The van der Waals surface area contributed by atoms with E-state index in [1.54, 1.807) is 4.90 Å². The maximum Gasteiger partial charge on any atom is 0.231 e. The molecule has 2 aliphatic heterocycles. The highest BCUT2D eigenvalue weighted by Gasteiger charge is 2.37. The molecule has 1 unspecified atom stereocenters. The lowest BCUT2D eigenvalue weighted by atomic mass is 10.1. The van der Waals surface area contributed by atoms with Crippen molar-refractivity contribution in [2.75, 3.05) is 6.54 Å². The predicted molar refractivity (Wildman–Crippen MR) is 80.9 cm³/mol. The van der Waals surface area contributed by atoms with Crippen LogP contribution in [0.4, 0.5) is 0 Å². The molecule has 4 nitrogen and oxygen atoms in total. The average molecular weight is 337 g/mol. The molecule has 1 aromatic carbocycles. The van der Waals surface area contributed by atoms with Crippen molar-refractivity contribution in [2.24, 2.45) is 10.9 Å². The summed E-state index contributed by atoms with van der Waals surface area (Å²) < 4.78 is 6.83. The fourth-order valence-corrected chi connectivity index (χ4v) is 2.97. The summed E-state index contributed by atoms with van der Waals surface area (Å²) in [5.74, 6) is 1.72. The fraction of sp³-hybridized carbons (Fsp3) is 0.467. The number of fused-ring (bicyclic) bond motifs is 1. The zero-order valence-corrected chi connectivity index (χ0v) is 13.4. The summed E-state index contributed by atoms with van der Waals surface area (Å²) in [6, 6.07) is 5.81. The Balaban J connectivity index is 2.10. The third kappa shape index (κ3) is 2.24. The molecule has 3 rings (SSSR count). The van der Waals surface area contributed by atoms with Gasteiger partial charge in [-0.1, -0.05) is 22.9 Å². The van der Waals surface area contributed by atoms with E-state index in [0.717, 1.165) is 34.6 Å². The maximum absolute atomic E-state index is 12.3. The third-order valence-electron chi connectivity index (χ3n) is 3.65. The van der Waals surface area contributed by atoms with E-state index in [1.807, 2.05) is 39.0 Å². The molecule has 5 heteroatoms. The molecule has 1 saturated heterocycles. The molecule has 0 saturated carbocycles. The number of amidine groups is 1. The molecule has 2 aliphatic rings. The van der Waals surface area contributed by atoms with Crippen molar-refractivity contribution in [2.45, 2.75) is 32.9 Å². The van der Waals surface area contributed by atoms with Crippen LogP contribution in [0.25, 0.3) is 0 Å². The molecule has 0 bridgehead atoms. The van der Waals surface area contributed by atoms with Gasteiger partial charge in [0.2, 0.25) is 5.91 Å². The molecule has 2 heterocycles. The summed E-state index contributed by atoms with van der Waals surface area (Å²) >= 11 is 3.47. The van der Waals surface area contributed by atoms with Crippen LogP contribution in [0.1, 0.15) is 32.8 Å². The number of rotatable bonds is 0. The quantitative estimate of drug-likeness (QED) is 0.730. The number of ether oxygens (including phenoxy) is 1. The number of aliphatic imine (C=N–C) groups is 1. The van der Waals surface area contributed by atoms with Gasteiger partial charge in [0.1, 0.15) is 11.6 Å². The Bertz CT molecular complexity index is 610. The number of amides is 1. The summed E-state index contributed by atoms with van der Waals surface area (Å²) in [5.41, 5.74) is 0.226. The van der Waals surface area contributed by atoms with E-state index in [-0.39, 0.29) is 11.8 Å². The first kappa shape index (κ1) is 13.6. The Hall–Kier alpha value is -1.36. The first-order valence-electron chi connectivity index (χ1n) is 6.77. The first-order chi connectivity index (χ1) is 9.37. The van der Waals surface area contributed by atoms with Crippen LogP contribution in [0.15, 0.2) is 27.7 Å². The smallest absolute Gasteiger partial charge is 0.231 e. The predicted octanol–water partition coefficient (Wildman–Crippen LogP) is 3.19. The van der Waals surface area contributed by atoms with E-state index >= 15 is 0 Å². The molecule has 0 radical (unpaired) electrons. The summed E-state index contributed by atoms with van der Waals surface area (Å²) in [4.78, 5) is 18.7. The highest BCUT2D eigenvalue weighted by Crippen LogP contribution is 2.34. The monoisotopic (exact) mass is 336 g/mol. The molecule has 1 aromatic rings. The number of nitrogens with zero attached hydrogens (tertiary/aromatic N) is 2. The fourth-order valence-electron chi connectivity index (χ4n) is 2.61. The Kier molecular flexibility index (Phi) is 3.12. The molecule has 20 heavy (non-hydrogen) atoms. The number of hydrogen-bond acceptors (Lipinski definition) is 3. The highest BCUT2D eigenvalue weighted by atomic mass is 79.9. The topological polar surface area (TPSA) is 41.9 Å². The van der Waals surface area contributed by atoms with Crippen LogP contribution in [0.2, 0.25) is 0 Å². The minimum Gasteiger partial charge on any atom is -0.466 e. The van der Waals surface area contributed by atoms with Crippen molar-refractivity contribution in [1.82, 2.24) is 4.90 Å². The lowest BCUT2D eigenvalue weighted by Crippen LogP contribution is -2.41. The normalized spacial score (nSPS) is 24.2. The van der Waals surface area contributed by atoms with E-state index in [1.165, 1.54) is 0 Å². The van der Waals surface area contributed by atoms with E-state index < -0.39 is 5.72 Å². The van der Waals surface area contributed by atoms with Gasteiger partial charge < -0.3 is 4.74 Å². The molecule has 0 spiro atoms. The number of hydrogen-bond donors (Lipinski definition) is 0. The molecule has 0 aromatic heterocycles. The Morgan fingerprint density at radius 1 is 1.45 bits per heavy atom. The van der Waals surface area contributed by atoms with E-state index in [2.05, 4.69) is 20.9 Å². The van der Waals surface area contributed by atoms with E-state index in [4.69, 9.17) is 4.74 Å². The molecule has 1 atom stereocenters. The van der Waals surface area contributed by atoms with Crippen molar-refractivity contribution in [1.29, 1.82) is 0 Å². The molecule has 1 amide bonds. The van der Waals surface area contributed by atoms with Gasteiger partial charge in [0.15, 0.2) is 5.72 Å². The highest BCUT2D eigenvalue weighted by molar-refractivity contribution is 9.10. The van der Waals surface area contributed by atoms with E-state index in [0.29, 0.717) is 0 Å². The van der Waals surface area contributed by atoms with Crippen LogP contribution in [-0.4, -0.2) is 28.9 Å². The number of halogens is 1. The van der Waals surface area contributed by atoms with Crippen LogP contribution in [-0.2, 0) is 4.79 Å². The van der Waals surface area contributed by atoms with Gasteiger partial charge in [-0.15, -0.1) is 0 Å². The van der Waals surface area contributed by atoms with Gasteiger partial charge in [0, 0.05) is 16.9 Å². The van der Waals surface area contributed by atoms with Crippen LogP contribution in [0.3, 0.4) is 0 Å². The lowest BCUT2D eigenvalue weighted by Gasteiger charge is -2.33. The van der Waals surface area contributed by atoms with Crippen LogP contribution in [0.5, 0.6) is 5.75 Å². The standard InChI is InChI=1S/C15H17BrN2O2/c1-9-6-7-18(14(9)19)13-11-8-10(16)4-5-12(11)20-15(2,3)17-13/h4-5,8-9H,6-7H2,1-3H3. The summed E-state index contributed by atoms with van der Waals surface area (Å²) in [7, 11) is 0. The first-order valence-corrected chi connectivity index (χ1v) is 7.57. The zero-order chi connectivity index (χ0) is 14.5. The number of carbonyl (C=O) groups excluding carboxylic acids is 1. The molecule has 0 N–H and O–H groups in total. The molecule has 0 aliphatic carbocycles. The second-order valence-corrected chi connectivity index (χ2v) is 6.72. The van der Waals surface area contributed by atoms with Crippen molar-refractivity contribution in [3.8, 4) is 5.75 Å². The van der Waals surface area contributed by atoms with Gasteiger partial charge in [0.25, 0.3) is 0 Å². The molecular weight excluding hydrogens is 320 g/mol. The average Bonchev–Trinajstić information content (AvgIpc) is 2.69. The SMILES string of the molecule is CC1CCN(C2=NC(C)(C)Oc3ccc(Br)cc32)C1=O. The van der Waals surface area contributed by atoms with Crippen LogP contribution < -0.4 is 4.74 Å². The number of benzene rings is 1.